The molecule has 0 saturated heterocycles. The molecule has 2 nitrogen and oxygen atoms in total. The molecule has 288 valence electrons. The lowest BCUT2D eigenvalue weighted by Gasteiger charge is -2.26. The van der Waals surface area contributed by atoms with Crippen molar-refractivity contribution in [2.45, 2.75) is 70.1 Å². The van der Waals surface area contributed by atoms with E-state index in [1.54, 1.807) is 48.5 Å². The normalized spacial score (nSPS) is 16.5. The number of benzene rings is 2. The number of hydrogen-bond donors (Lipinski definition) is 0. The monoisotopic (exact) mass is 828 g/mol. The molecule has 1 aliphatic rings. The van der Waals surface area contributed by atoms with Crippen LogP contribution in [0, 0.1) is 0 Å². The molecular formula is C43H38F6O2S4. The number of alkyl halides is 6. The third-order valence-electron chi connectivity index (χ3n) is 9.55. The summed E-state index contributed by atoms with van der Waals surface area (Å²) in [6.07, 6.45) is 0. The molecule has 12 heteroatoms. The molecule has 0 fully saturated rings. The molecule has 6 aromatic rings. The topological polar surface area (TPSA) is 18.5 Å². The van der Waals surface area contributed by atoms with Crippen molar-refractivity contribution in [3.05, 3.63) is 106 Å². The van der Waals surface area contributed by atoms with Crippen LogP contribution in [0.15, 0.2) is 84.9 Å². The maximum Gasteiger partial charge on any atom is 0.380 e. The zero-order valence-corrected chi connectivity index (χ0v) is 34.6. The first-order chi connectivity index (χ1) is 25.7. The highest BCUT2D eigenvalue weighted by atomic mass is 32.1. The summed E-state index contributed by atoms with van der Waals surface area (Å²) in [7, 11) is 2.95. The Kier molecular flexibility index (Phi) is 9.79. The summed E-state index contributed by atoms with van der Waals surface area (Å²) in [6, 6.07) is 23.3. The second-order valence-corrected chi connectivity index (χ2v) is 19.7. The van der Waals surface area contributed by atoms with E-state index in [1.807, 2.05) is 65.8 Å². The summed E-state index contributed by atoms with van der Waals surface area (Å²) in [4.78, 5) is 4.78. The van der Waals surface area contributed by atoms with Crippen molar-refractivity contribution in [1.29, 1.82) is 0 Å². The highest BCUT2D eigenvalue weighted by Crippen LogP contribution is 2.67. The summed E-state index contributed by atoms with van der Waals surface area (Å²) < 4.78 is 109. The highest BCUT2D eigenvalue weighted by molar-refractivity contribution is 7.24. The molecule has 0 atom stereocenters. The van der Waals surface area contributed by atoms with Gasteiger partial charge in [-0.05, 0) is 107 Å². The first-order valence-electron chi connectivity index (χ1n) is 17.4. The third kappa shape index (κ3) is 6.66. The average Bonchev–Trinajstić information content (AvgIpc) is 3.96. The molecule has 0 saturated carbocycles. The van der Waals surface area contributed by atoms with Crippen molar-refractivity contribution in [2.24, 2.45) is 0 Å². The molecule has 0 amide bonds. The standard InChI is InChI=1S/C43H38F6O2S4/c1-39(2,3)33-19-17-29(52-33)31-21-27(37(54-31)23-9-13-25(50-7)14-10-23)35-36(42(46,47)43(48,49)41(35,44)45)28-22-32(30-18-20-34(53-30)40(4,5)6)55-38(28)24-11-15-26(51-8)16-12-24/h9-22H,1-8H3. The molecule has 1 aliphatic carbocycles. The third-order valence-corrected chi connectivity index (χ3v) is 15.3. The number of halogens is 6. The van der Waals surface area contributed by atoms with E-state index in [0.717, 1.165) is 32.4 Å². The lowest BCUT2D eigenvalue weighted by atomic mass is 9.92. The van der Waals surface area contributed by atoms with Gasteiger partial charge in [-0.15, -0.1) is 45.3 Å². The van der Waals surface area contributed by atoms with Gasteiger partial charge in [0, 0.05) is 61.3 Å². The average molecular weight is 829 g/mol. The van der Waals surface area contributed by atoms with E-state index >= 15 is 26.3 Å². The maximum atomic E-state index is 16.7. The van der Waals surface area contributed by atoms with Crippen LogP contribution in [0.3, 0.4) is 0 Å². The van der Waals surface area contributed by atoms with Gasteiger partial charge in [0.2, 0.25) is 0 Å². The van der Waals surface area contributed by atoms with E-state index in [2.05, 4.69) is 0 Å². The molecule has 55 heavy (non-hydrogen) atoms. The molecule has 0 spiro atoms. The minimum Gasteiger partial charge on any atom is -0.497 e. The van der Waals surface area contributed by atoms with Crippen LogP contribution in [-0.2, 0) is 10.8 Å². The Hall–Kier alpha value is -3.84. The van der Waals surface area contributed by atoms with Gasteiger partial charge in [0.05, 0.1) is 14.2 Å². The van der Waals surface area contributed by atoms with Crippen molar-refractivity contribution in [2.75, 3.05) is 14.2 Å². The zero-order valence-electron chi connectivity index (χ0n) is 31.3. The van der Waals surface area contributed by atoms with Crippen LogP contribution in [-0.4, -0.2) is 32.0 Å². The van der Waals surface area contributed by atoms with Gasteiger partial charge < -0.3 is 9.47 Å². The number of ether oxygens (including phenoxy) is 2. The Morgan fingerprint density at radius 3 is 1.09 bits per heavy atom. The Labute approximate surface area is 332 Å². The molecule has 4 heterocycles. The van der Waals surface area contributed by atoms with Gasteiger partial charge in [-0.25, -0.2) is 0 Å². The Morgan fingerprint density at radius 1 is 0.455 bits per heavy atom. The minimum absolute atomic E-state index is 0.165. The summed E-state index contributed by atoms with van der Waals surface area (Å²) in [5.41, 5.74) is -3.14. The Bertz CT molecular complexity index is 2230. The van der Waals surface area contributed by atoms with Crippen LogP contribution in [0.2, 0.25) is 0 Å². The molecule has 4 aromatic heterocycles. The van der Waals surface area contributed by atoms with Gasteiger partial charge in [-0.2, -0.15) is 26.3 Å². The number of methoxy groups -OCH3 is 2. The lowest BCUT2D eigenvalue weighted by Crippen LogP contribution is -2.48. The van der Waals surface area contributed by atoms with Gasteiger partial charge in [0.25, 0.3) is 0 Å². The van der Waals surface area contributed by atoms with Crippen LogP contribution in [0.4, 0.5) is 26.3 Å². The van der Waals surface area contributed by atoms with Crippen LogP contribution in [0.5, 0.6) is 11.5 Å². The predicted molar refractivity (Wildman–Crippen MR) is 218 cm³/mol. The lowest BCUT2D eigenvalue weighted by molar-refractivity contribution is -0.254. The fourth-order valence-electron chi connectivity index (χ4n) is 6.49. The number of rotatable bonds is 8. The van der Waals surface area contributed by atoms with E-state index in [-0.39, 0.29) is 31.7 Å². The summed E-state index contributed by atoms with van der Waals surface area (Å²) >= 11 is 5.10. The van der Waals surface area contributed by atoms with Crippen LogP contribution < -0.4 is 9.47 Å². The van der Waals surface area contributed by atoms with Crippen molar-refractivity contribution in [3.63, 3.8) is 0 Å². The molecular weight excluding hydrogens is 791 g/mol. The molecule has 0 bridgehead atoms. The molecule has 0 unspecified atom stereocenters. The van der Waals surface area contributed by atoms with Crippen LogP contribution >= 0.6 is 45.3 Å². The molecule has 7 rings (SSSR count). The fraction of sp³-hybridized carbons (Fsp3) is 0.302. The van der Waals surface area contributed by atoms with Crippen LogP contribution in [0.25, 0.3) is 51.5 Å². The van der Waals surface area contributed by atoms with Gasteiger partial charge in [0.15, 0.2) is 0 Å². The van der Waals surface area contributed by atoms with Gasteiger partial charge in [0.1, 0.15) is 11.5 Å². The minimum atomic E-state index is -5.74. The Morgan fingerprint density at radius 2 is 0.800 bits per heavy atom. The molecule has 0 N–H and O–H groups in total. The maximum absolute atomic E-state index is 16.7. The SMILES string of the molecule is COc1ccc(-c2sc(-c3ccc(C(C)(C)C)s3)cc2C2=C(c3cc(-c4ccc(C(C)(C)C)s4)sc3-c3ccc(OC)cc3)C(F)(F)C(F)(F)C2(F)F)cc1. The first-order valence-corrected chi connectivity index (χ1v) is 20.6. The second-order valence-electron chi connectivity index (χ2n) is 15.5. The fourth-order valence-corrected chi connectivity index (χ4v) is 11.1. The largest absolute Gasteiger partial charge is 0.497 e. The van der Waals surface area contributed by atoms with Crippen molar-refractivity contribution in [1.82, 2.24) is 0 Å². The smallest absolute Gasteiger partial charge is 0.380 e. The van der Waals surface area contributed by atoms with Crippen molar-refractivity contribution >= 4 is 56.5 Å². The van der Waals surface area contributed by atoms with Gasteiger partial charge >= 0.3 is 17.8 Å². The Balaban J connectivity index is 1.56. The van der Waals surface area contributed by atoms with E-state index in [9.17, 15) is 0 Å². The van der Waals surface area contributed by atoms with Gasteiger partial charge in [-0.1, -0.05) is 41.5 Å². The summed E-state index contributed by atoms with van der Waals surface area (Å²) in [5.74, 6) is -15.3. The van der Waals surface area contributed by atoms with E-state index in [0.29, 0.717) is 42.1 Å². The van der Waals surface area contributed by atoms with E-state index in [1.165, 1.54) is 49.0 Å². The van der Waals surface area contributed by atoms with E-state index < -0.39 is 28.9 Å². The summed E-state index contributed by atoms with van der Waals surface area (Å²) in [5, 5.41) is 0. The van der Waals surface area contributed by atoms with Crippen LogP contribution in [0.1, 0.15) is 62.4 Å². The number of thiophene rings is 4. The number of allylic oxidation sites excluding steroid dienone is 2. The zero-order chi connectivity index (χ0) is 39.9. The first kappa shape index (κ1) is 39.4. The molecule has 2 aromatic carbocycles. The summed E-state index contributed by atoms with van der Waals surface area (Å²) in [6.45, 7) is 12.3. The van der Waals surface area contributed by atoms with E-state index in [4.69, 9.17) is 9.47 Å². The highest BCUT2D eigenvalue weighted by Gasteiger charge is 2.80. The predicted octanol–water partition coefficient (Wildman–Crippen LogP) is 15.0. The molecule has 0 radical (unpaired) electrons. The van der Waals surface area contributed by atoms with Crippen molar-refractivity contribution < 1.29 is 35.8 Å². The number of hydrogen-bond acceptors (Lipinski definition) is 6. The van der Waals surface area contributed by atoms with Gasteiger partial charge in [-0.3, -0.25) is 0 Å². The van der Waals surface area contributed by atoms with Crippen molar-refractivity contribution in [3.8, 4) is 51.9 Å². The second kappa shape index (κ2) is 13.7. The molecule has 0 aliphatic heterocycles. The quantitative estimate of drug-likeness (QED) is 0.142.